The fourth-order valence-corrected chi connectivity index (χ4v) is 3.43. The van der Waals surface area contributed by atoms with Crippen molar-refractivity contribution < 1.29 is 19.4 Å². The smallest absolute Gasteiger partial charge is 0.379 e. The van der Waals surface area contributed by atoms with Crippen LogP contribution in [0.2, 0.25) is 0 Å². The first kappa shape index (κ1) is 22.0. The van der Waals surface area contributed by atoms with Gasteiger partial charge in [0.25, 0.3) is 5.78 Å². The molecule has 0 aliphatic heterocycles. The molecule has 0 unspecified atom stereocenters. The van der Waals surface area contributed by atoms with Crippen LogP contribution < -0.4 is 5.43 Å². The van der Waals surface area contributed by atoms with Crippen LogP contribution in [0.15, 0.2) is 71.7 Å². The number of hydrogen-bond acceptors (Lipinski definition) is 5. The molecule has 0 saturated carbocycles. The van der Waals surface area contributed by atoms with E-state index >= 15 is 0 Å². The van der Waals surface area contributed by atoms with E-state index in [1.54, 1.807) is 19.1 Å². The van der Waals surface area contributed by atoms with Crippen molar-refractivity contribution in [2.75, 3.05) is 6.61 Å². The SMILES string of the molecule is CCOC(=O)C(=O)/C=C(\O)c1cn(CCCCc2ccccc2)c2ccccc2c1=O. The van der Waals surface area contributed by atoms with E-state index in [2.05, 4.69) is 16.9 Å². The Hall–Kier alpha value is -3.67. The second-order valence-corrected chi connectivity index (χ2v) is 7.14. The average molecular weight is 419 g/mol. The van der Waals surface area contributed by atoms with Crippen molar-refractivity contribution >= 4 is 28.4 Å². The summed E-state index contributed by atoms with van der Waals surface area (Å²) in [6.07, 6.45) is 5.06. The number of carbonyl (C=O) groups is 2. The quantitative estimate of drug-likeness (QED) is 0.186. The third kappa shape index (κ3) is 5.48. The molecule has 3 aromatic rings. The van der Waals surface area contributed by atoms with Gasteiger partial charge >= 0.3 is 5.97 Å². The van der Waals surface area contributed by atoms with Crippen LogP contribution in [0, 0.1) is 0 Å². The molecule has 0 aliphatic carbocycles. The van der Waals surface area contributed by atoms with E-state index in [1.165, 1.54) is 11.8 Å². The number of para-hydroxylation sites is 1. The summed E-state index contributed by atoms with van der Waals surface area (Å²) in [6.45, 7) is 2.26. The van der Waals surface area contributed by atoms with Crippen molar-refractivity contribution in [3.8, 4) is 0 Å². The molecule has 0 amide bonds. The lowest BCUT2D eigenvalue weighted by Gasteiger charge is -2.13. The minimum atomic E-state index is -1.07. The number of ether oxygens (including phenoxy) is 1. The van der Waals surface area contributed by atoms with Crippen molar-refractivity contribution in [2.45, 2.75) is 32.7 Å². The van der Waals surface area contributed by atoms with E-state index in [0.29, 0.717) is 11.9 Å². The molecule has 1 heterocycles. The topological polar surface area (TPSA) is 85.6 Å². The highest BCUT2D eigenvalue weighted by atomic mass is 16.5. The number of aryl methyl sites for hydroxylation is 2. The van der Waals surface area contributed by atoms with Crippen LogP contribution in [-0.2, 0) is 27.3 Å². The van der Waals surface area contributed by atoms with E-state index in [1.807, 2.05) is 34.9 Å². The number of aliphatic hydroxyl groups is 1. The number of hydrogen-bond donors (Lipinski definition) is 1. The van der Waals surface area contributed by atoms with Gasteiger partial charge in [0.2, 0.25) is 0 Å². The summed E-state index contributed by atoms with van der Waals surface area (Å²) in [7, 11) is 0. The zero-order chi connectivity index (χ0) is 22.2. The third-order valence-electron chi connectivity index (χ3n) is 4.97. The molecule has 0 atom stereocenters. The van der Waals surface area contributed by atoms with Gasteiger partial charge < -0.3 is 14.4 Å². The Morgan fingerprint density at radius 2 is 1.74 bits per heavy atom. The first-order chi connectivity index (χ1) is 15.0. The fourth-order valence-electron chi connectivity index (χ4n) is 3.43. The number of carbonyl (C=O) groups excluding carboxylic acids is 2. The number of esters is 1. The molecule has 0 aliphatic rings. The highest BCUT2D eigenvalue weighted by Crippen LogP contribution is 2.17. The zero-order valence-electron chi connectivity index (χ0n) is 17.4. The predicted octanol–water partition coefficient (Wildman–Crippen LogP) is 4.06. The number of fused-ring (bicyclic) bond motifs is 1. The minimum absolute atomic E-state index is 0.0283. The van der Waals surface area contributed by atoms with Gasteiger partial charge in [-0.2, -0.15) is 0 Å². The van der Waals surface area contributed by atoms with Crippen LogP contribution in [0.5, 0.6) is 0 Å². The number of benzene rings is 2. The normalized spacial score (nSPS) is 11.5. The maximum Gasteiger partial charge on any atom is 0.379 e. The van der Waals surface area contributed by atoms with Crippen LogP contribution >= 0.6 is 0 Å². The van der Waals surface area contributed by atoms with Crippen LogP contribution in [0.25, 0.3) is 16.7 Å². The number of unbranched alkanes of at least 4 members (excludes halogenated alkanes) is 1. The van der Waals surface area contributed by atoms with Crippen LogP contribution in [-0.4, -0.2) is 28.0 Å². The van der Waals surface area contributed by atoms with Crippen molar-refractivity contribution in [1.29, 1.82) is 0 Å². The van der Waals surface area contributed by atoms with Gasteiger partial charge in [0.05, 0.1) is 17.7 Å². The van der Waals surface area contributed by atoms with Crippen molar-refractivity contribution in [1.82, 2.24) is 4.57 Å². The van der Waals surface area contributed by atoms with Gasteiger partial charge in [0, 0.05) is 24.2 Å². The maximum absolute atomic E-state index is 12.9. The predicted molar refractivity (Wildman–Crippen MR) is 120 cm³/mol. The van der Waals surface area contributed by atoms with Gasteiger partial charge in [-0.3, -0.25) is 9.59 Å². The van der Waals surface area contributed by atoms with Gasteiger partial charge in [-0.15, -0.1) is 0 Å². The highest BCUT2D eigenvalue weighted by Gasteiger charge is 2.17. The lowest BCUT2D eigenvalue weighted by atomic mass is 10.1. The van der Waals surface area contributed by atoms with Crippen molar-refractivity contribution in [2.24, 2.45) is 0 Å². The van der Waals surface area contributed by atoms with Crippen LogP contribution in [0.3, 0.4) is 0 Å². The number of pyridine rings is 1. The number of nitrogens with zero attached hydrogens (tertiary/aromatic N) is 1. The molecule has 160 valence electrons. The zero-order valence-corrected chi connectivity index (χ0v) is 17.4. The van der Waals surface area contributed by atoms with Gasteiger partial charge in [-0.05, 0) is 43.9 Å². The summed E-state index contributed by atoms with van der Waals surface area (Å²) < 4.78 is 6.54. The highest BCUT2D eigenvalue weighted by molar-refractivity contribution is 6.39. The Labute approximate surface area is 180 Å². The number of aliphatic hydroxyl groups excluding tert-OH is 1. The van der Waals surface area contributed by atoms with E-state index in [0.717, 1.165) is 30.9 Å². The fraction of sp³-hybridized carbons (Fsp3) is 0.240. The second kappa shape index (κ2) is 10.4. The minimum Gasteiger partial charge on any atom is -0.507 e. The molecular weight excluding hydrogens is 394 g/mol. The van der Waals surface area contributed by atoms with Gasteiger partial charge in [-0.1, -0.05) is 42.5 Å². The summed E-state index contributed by atoms with van der Waals surface area (Å²) in [5, 5.41) is 10.8. The molecule has 0 saturated heterocycles. The average Bonchev–Trinajstić information content (AvgIpc) is 2.79. The van der Waals surface area contributed by atoms with E-state index in [4.69, 9.17) is 0 Å². The molecule has 0 spiro atoms. The summed E-state index contributed by atoms with van der Waals surface area (Å²) >= 11 is 0. The summed E-state index contributed by atoms with van der Waals surface area (Å²) in [6, 6.07) is 17.3. The number of aromatic nitrogens is 1. The summed E-state index contributed by atoms with van der Waals surface area (Å²) in [5.41, 5.74) is 1.59. The van der Waals surface area contributed by atoms with Gasteiger partial charge in [-0.25, -0.2) is 4.79 Å². The molecular formula is C25H25NO5. The van der Waals surface area contributed by atoms with E-state index in [9.17, 15) is 19.5 Å². The molecule has 0 fully saturated rings. The maximum atomic E-state index is 12.9. The molecule has 6 heteroatoms. The standard InChI is InChI=1S/C25H25NO5/c1-2-31-25(30)23(28)16-22(27)20-17-26(21-14-7-6-13-19(21)24(20)29)15-9-8-12-18-10-4-3-5-11-18/h3-7,10-11,13-14,16-17,27H,2,8-9,12,15H2,1H3/b22-16-. The van der Waals surface area contributed by atoms with Gasteiger partial charge in [0.15, 0.2) is 5.43 Å². The Morgan fingerprint density at radius 1 is 1.03 bits per heavy atom. The number of rotatable bonds is 9. The first-order valence-electron chi connectivity index (χ1n) is 10.3. The molecule has 1 aromatic heterocycles. The van der Waals surface area contributed by atoms with Crippen LogP contribution in [0.4, 0.5) is 0 Å². The molecule has 3 rings (SSSR count). The molecule has 6 nitrogen and oxygen atoms in total. The molecule has 2 aromatic carbocycles. The van der Waals surface area contributed by atoms with Crippen molar-refractivity contribution in [3.05, 3.63) is 88.2 Å². The first-order valence-corrected chi connectivity index (χ1v) is 10.3. The number of ketones is 1. The second-order valence-electron chi connectivity index (χ2n) is 7.14. The van der Waals surface area contributed by atoms with Crippen LogP contribution in [0.1, 0.15) is 30.9 Å². The summed E-state index contributed by atoms with van der Waals surface area (Å²) in [5.74, 6) is -2.63. The Kier molecular flexibility index (Phi) is 7.38. The molecule has 1 N–H and O–H groups in total. The van der Waals surface area contributed by atoms with Gasteiger partial charge in [0.1, 0.15) is 5.76 Å². The lowest BCUT2D eigenvalue weighted by molar-refractivity contribution is -0.151. The lowest BCUT2D eigenvalue weighted by Crippen LogP contribution is -2.18. The largest absolute Gasteiger partial charge is 0.507 e. The van der Waals surface area contributed by atoms with E-state index < -0.39 is 22.9 Å². The Bertz CT molecular complexity index is 1160. The molecule has 0 bridgehead atoms. The Morgan fingerprint density at radius 3 is 2.48 bits per heavy atom. The van der Waals surface area contributed by atoms with E-state index in [-0.39, 0.29) is 12.2 Å². The monoisotopic (exact) mass is 419 g/mol. The molecule has 0 radical (unpaired) electrons. The third-order valence-corrected chi connectivity index (χ3v) is 4.97. The Balaban J connectivity index is 1.85. The summed E-state index contributed by atoms with van der Waals surface area (Å²) in [4.78, 5) is 36.3. The molecule has 31 heavy (non-hydrogen) atoms. The van der Waals surface area contributed by atoms with Crippen molar-refractivity contribution in [3.63, 3.8) is 0 Å².